The van der Waals surface area contributed by atoms with Gasteiger partial charge in [0.2, 0.25) is 0 Å². The number of nitrogens with zero attached hydrogens (tertiary/aromatic N) is 4. The second-order valence-electron chi connectivity index (χ2n) is 12.0. The highest BCUT2D eigenvalue weighted by molar-refractivity contribution is 6.32. The van der Waals surface area contributed by atoms with Gasteiger partial charge in [-0.2, -0.15) is 5.26 Å². The summed E-state index contributed by atoms with van der Waals surface area (Å²) in [5.74, 6) is 0.303. The minimum atomic E-state index is 0.104. The van der Waals surface area contributed by atoms with Crippen LogP contribution in [0.25, 0.3) is 0 Å². The lowest BCUT2D eigenvalue weighted by atomic mass is 9.58. The van der Waals surface area contributed by atoms with Crippen molar-refractivity contribution in [2.75, 3.05) is 42.5 Å². The summed E-state index contributed by atoms with van der Waals surface area (Å²) in [7, 11) is 0. The van der Waals surface area contributed by atoms with E-state index in [1.807, 2.05) is 35.2 Å². The number of carbonyl (C=O) groups is 2. The predicted molar refractivity (Wildman–Crippen MR) is 145 cm³/mol. The van der Waals surface area contributed by atoms with Crippen LogP contribution in [0.15, 0.2) is 42.5 Å². The van der Waals surface area contributed by atoms with E-state index < -0.39 is 0 Å². The SMILES string of the molecule is CC1CC2(CCN(c3ccc(C(=O)N4CC5(CC(C=O)C5)C4)cc3)CC2)CN1c1ccc(C#N)c(Cl)c1. The highest BCUT2D eigenvalue weighted by atomic mass is 35.5. The molecule has 0 N–H and O–H groups in total. The molecule has 192 valence electrons. The van der Waals surface area contributed by atoms with E-state index in [9.17, 15) is 14.9 Å². The highest BCUT2D eigenvalue weighted by Crippen LogP contribution is 2.51. The normalized spacial score (nSPS) is 24.0. The lowest BCUT2D eigenvalue weighted by Crippen LogP contribution is -2.63. The van der Waals surface area contributed by atoms with Gasteiger partial charge in [-0.15, -0.1) is 0 Å². The Hall–Kier alpha value is -3.04. The summed E-state index contributed by atoms with van der Waals surface area (Å²) in [6.45, 7) is 6.90. The third-order valence-electron chi connectivity index (χ3n) is 9.40. The van der Waals surface area contributed by atoms with E-state index in [2.05, 4.69) is 34.9 Å². The number of likely N-dealkylation sites (tertiary alicyclic amines) is 1. The van der Waals surface area contributed by atoms with E-state index in [-0.39, 0.29) is 17.2 Å². The number of nitriles is 1. The van der Waals surface area contributed by atoms with Crippen molar-refractivity contribution in [2.45, 2.75) is 45.1 Å². The molecule has 1 amide bonds. The predicted octanol–water partition coefficient (Wildman–Crippen LogP) is 5.15. The standard InChI is InChI=1S/C30H33ClN4O2/c1-21-13-29(20-35(21)26-7-4-24(16-32)27(31)12-26)8-10-33(11-9-29)25-5-2-23(3-6-25)28(37)34-18-30(19-34)14-22(15-30)17-36/h2-7,12,17,21-22H,8-11,13-15,18-20H2,1H3. The smallest absolute Gasteiger partial charge is 0.253 e. The van der Waals surface area contributed by atoms with Crippen LogP contribution in [0.3, 0.4) is 0 Å². The van der Waals surface area contributed by atoms with Crippen LogP contribution >= 0.6 is 11.6 Å². The van der Waals surface area contributed by atoms with E-state index in [0.29, 0.717) is 22.0 Å². The van der Waals surface area contributed by atoms with E-state index in [1.165, 1.54) is 5.69 Å². The van der Waals surface area contributed by atoms with E-state index in [0.717, 1.165) is 82.4 Å². The first-order valence-corrected chi connectivity index (χ1v) is 13.8. The van der Waals surface area contributed by atoms with Crippen molar-refractivity contribution in [1.29, 1.82) is 5.26 Å². The molecule has 6 rings (SSSR count). The number of amides is 1. The van der Waals surface area contributed by atoms with Gasteiger partial charge in [0.25, 0.3) is 5.91 Å². The molecule has 1 saturated carbocycles. The molecule has 3 heterocycles. The van der Waals surface area contributed by atoms with Crippen LogP contribution in [0.2, 0.25) is 5.02 Å². The summed E-state index contributed by atoms with van der Waals surface area (Å²) in [4.78, 5) is 30.6. The maximum atomic E-state index is 12.9. The zero-order valence-electron chi connectivity index (χ0n) is 21.3. The summed E-state index contributed by atoms with van der Waals surface area (Å²) in [6.07, 6.45) is 6.37. The second kappa shape index (κ2) is 9.06. The number of halogens is 1. The van der Waals surface area contributed by atoms with Crippen molar-refractivity contribution in [3.63, 3.8) is 0 Å². The summed E-state index contributed by atoms with van der Waals surface area (Å²) in [6, 6.07) is 16.5. The average Bonchev–Trinajstić information content (AvgIpc) is 3.18. The number of carbonyl (C=O) groups excluding carboxylic acids is 2. The number of hydrogen-bond donors (Lipinski definition) is 0. The van der Waals surface area contributed by atoms with Crippen LogP contribution in [0.5, 0.6) is 0 Å². The zero-order chi connectivity index (χ0) is 25.8. The third kappa shape index (κ3) is 4.28. The Kier molecular flexibility index (Phi) is 5.95. The number of rotatable bonds is 4. The van der Waals surface area contributed by atoms with Gasteiger partial charge in [0, 0.05) is 67.0 Å². The molecule has 0 aromatic heterocycles. The monoisotopic (exact) mass is 516 g/mol. The molecular weight excluding hydrogens is 484 g/mol. The summed E-state index contributed by atoms with van der Waals surface area (Å²) >= 11 is 6.32. The van der Waals surface area contributed by atoms with Crippen LogP contribution in [0.1, 0.15) is 54.9 Å². The summed E-state index contributed by atoms with van der Waals surface area (Å²) in [5, 5.41) is 9.71. The Bertz CT molecular complexity index is 1250. The Balaban J connectivity index is 1.04. The largest absolute Gasteiger partial charge is 0.371 e. The topological polar surface area (TPSA) is 67.7 Å². The molecule has 2 aromatic rings. The van der Waals surface area contributed by atoms with Crippen molar-refractivity contribution < 1.29 is 9.59 Å². The number of benzene rings is 2. The molecule has 2 spiro atoms. The molecule has 2 aromatic carbocycles. The van der Waals surface area contributed by atoms with Crippen molar-refractivity contribution in [1.82, 2.24) is 4.90 Å². The molecule has 0 bridgehead atoms. The molecule has 7 heteroatoms. The molecule has 3 aliphatic heterocycles. The molecule has 4 aliphatic rings. The van der Waals surface area contributed by atoms with Crippen LogP contribution in [0, 0.1) is 28.1 Å². The number of hydrogen-bond acceptors (Lipinski definition) is 5. The van der Waals surface area contributed by atoms with Crippen molar-refractivity contribution in [2.24, 2.45) is 16.7 Å². The van der Waals surface area contributed by atoms with Gasteiger partial charge in [-0.3, -0.25) is 4.79 Å². The first-order valence-electron chi connectivity index (χ1n) is 13.4. The van der Waals surface area contributed by atoms with Crippen molar-refractivity contribution >= 4 is 35.2 Å². The maximum Gasteiger partial charge on any atom is 0.253 e. The van der Waals surface area contributed by atoms with Crippen LogP contribution in [-0.4, -0.2) is 55.9 Å². The molecular formula is C30H33ClN4O2. The minimum Gasteiger partial charge on any atom is -0.371 e. The lowest BCUT2D eigenvalue weighted by molar-refractivity contribution is -0.126. The fourth-order valence-corrected chi connectivity index (χ4v) is 7.57. The van der Waals surface area contributed by atoms with Crippen LogP contribution < -0.4 is 9.80 Å². The molecule has 1 aliphatic carbocycles. The van der Waals surface area contributed by atoms with Gasteiger partial charge in [-0.1, -0.05) is 11.6 Å². The number of piperidine rings is 1. The zero-order valence-corrected chi connectivity index (χ0v) is 22.1. The van der Waals surface area contributed by atoms with Gasteiger partial charge in [-0.25, -0.2) is 0 Å². The Morgan fingerprint density at radius 3 is 2.30 bits per heavy atom. The molecule has 0 radical (unpaired) electrons. The second-order valence-corrected chi connectivity index (χ2v) is 12.4. The van der Waals surface area contributed by atoms with Crippen molar-refractivity contribution in [3.05, 3.63) is 58.6 Å². The van der Waals surface area contributed by atoms with Gasteiger partial charge < -0.3 is 19.5 Å². The lowest BCUT2D eigenvalue weighted by Gasteiger charge is -2.58. The van der Waals surface area contributed by atoms with Gasteiger partial charge in [-0.05, 0) is 86.9 Å². The number of aldehydes is 1. The Morgan fingerprint density at radius 1 is 1.00 bits per heavy atom. The van der Waals surface area contributed by atoms with E-state index in [4.69, 9.17) is 11.6 Å². The Labute approximate surface area is 223 Å². The third-order valence-corrected chi connectivity index (χ3v) is 9.71. The molecule has 3 saturated heterocycles. The molecule has 1 atom stereocenters. The highest BCUT2D eigenvalue weighted by Gasteiger charge is 2.53. The summed E-state index contributed by atoms with van der Waals surface area (Å²) in [5.41, 5.74) is 4.06. The van der Waals surface area contributed by atoms with Crippen molar-refractivity contribution in [3.8, 4) is 6.07 Å². The summed E-state index contributed by atoms with van der Waals surface area (Å²) < 4.78 is 0. The first-order chi connectivity index (χ1) is 17.8. The van der Waals surface area contributed by atoms with Gasteiger partial charge in [0.1, 0.15) is 12.4 Å². The molecule has 1 unspecified atom stereocenters. The average molecular weight is 517 g/mol. The Morgan fingerprint density at radius 2 is 1.68 bits per heavy atom. The molecule has 4 fully saturated rings. The fraction of sp³-hybridized carbons (Fsp3) is 0.500. The number of anilines is 2. The quantitative estimate of drug-likeness (QED) is 0.526. The van der Waals surface area contributed by atoms with Gasteiger partial charge in [0.15, 0.2) is 0 Å². The first kappa shape index (κ1) is 24.3. The van der Waals surface area contributed by atoms with Gasteiger partial charge in [0.05, 0.1) is 10.6 Å². The van der Waals surface area contributed by atoms with Gasteiger partial charge >= 0.3 is 0 Å². The minimum absolute atomic E-state index is 0.104. The molecule has 6 nitrogen and oxygen atoms in total. The van der Waals surface area contributed by atoms with E-state index in [1.54, 1.807) is 0 Å². The fourth-order valence-electron chi connectivity index (χ4n) is 7.35. The van der Waals surface area contributed by atoms with Crippen LogP contribution in [-0.2, 0) is 4.79 Å². The van der Waals surface area contributed by atoms with Crippen LogP contribution in [0.4, 0.5) is 11.4 Å². The molecule has 37 heavy (non-hydrogen) atoms. The maximum absolute atomic E-state index is 12.9. The van der Waals surface area contributed by atoms with E-state index >= 15 is 0 Å².